The molecule has 6 heteroatoms. The van der Waals surface area contributed by atoms with Gasteiger partial charge in [-0.25, -0.2) is 4.79 Å². The van der Waals surface area contributed by atoms with Crippen LogP contribution in [0.5, 0.6) is 0 Å². The van der Waals surface area contributed by atoms with Crippen LogP contribution >= 0.6 is 0 Å². The van der Waals surface area contributed by atoms with E-state index in [1.165, 1.54) is 12.1 Å². The number of amides is 2. The summed E-state index contributed by atoms with van der Waals surface area (Å²) in [5.41, 5.74) is 0.506. The number of fused-ring (bicyclic) bond motifs is 1. The molecule has 1 unspecified atom stereocenters. The molecule has 0 saturated heterocycles. The van der Waals surface area contributed by atoms with Crippen molar-refractivity contribution in [2.75, 3.05) is 14.1 Å². The highest BCUT2D eigenvalue weighted by molar-refractivity contribution is 6.20. The van der Waals surface area contributed by atoms with Crippen LogP contribution < -0.4 is 0 Å². The van der Waals surface area contributed by atoms with Gasteiger partial charge in [-0.05, 0) is 32.6 Å². The SMILES string of the molecule is CCC(C(=O)ON1C(=O)c2ccccc2C1=O)N(C)C. The first-order valence-electron chi connectivity index (χ1n) is 6.33. The van der Waals surface area contributed by atoms with Crippen LogP contribution in [0.25, 0.3) is 0 Å². The number of hydrogen-bond acceptors (Lipinski definition) is 5. The van der Waals surface area contributed by atoms with E-state index in [1.54, 1.807) is 31.1 Å². The molecule has 1 aromatic rings. The first-order chi connectivity index (χ1) is 9.47. The van der Waals surface area contributed by atoms with E-state index in [4.69, 9.17) is 4.84 Å². The summed E-state index contributed by atoms with van der Waals surface area (Å²) in [5, 5.41) is 0.541. The van der Waals surface area contributed by atoms with Gasteiger partial charge < -0.3 is 4.84 Å². The summed E-state index contributed by atoms with van der Waals surface area (Å²) in [6.45, 7) is 1.83. The normalized spacial score (nSPS) is 15.5. The maximum absolute atomic E-state index is 12.0. The minimum atomic E-state index is -0.619. The second kappa shape index (κ2) is 5.42. The lowest BCUT2D eigenvalue weighted by Crippen LogP contribution is -2.42. The Morgan fingerprint density at radius 1 is 1.20 bits per heavy atom. The van der Waals surface area contributed by atoms with E-state index in [-0.39, 0.29) is 11.1 Å². The van der Waals surface area contributed by atoms with Gasteiger partial charge in [-0.3, -0.25) is 14.5 Å². The molecular weight excluding hydrogens is 260 g/mol. The fourth-order valence-corrected chi connectivity index (χ4v) is 2.14. The molecule has 0 fully saturated rings. The zero-order valence-corrected chi connectivity index (χ0v) is 11.6. The van der Waals surface area contributed by atoms with Crippen LogP contribution in [0, 0.1) is 0 Å². The fourth-order valence-electron chi connectivity index (χ4n) is 2.14. The maximum atomic E-state index is 12.0. The number of carbonyl (C=O) groups excluding carboxylic acids is 3. The second-order valence-electron chi connectivity index (χ2n) is 4.75. The smallest absolute Gasteiger partial charge is 0.328 e. The number of hydroxylamine groups is 2. The van der Waals surface area contributed by atoms with Gasteiger partial charge in [0.1, 0.15) is 6.04 Å². The monoisotopic (exact) mass is 276 g/mol. The third-order valence-electron chi connectivity index (χ3n) is 3.22. The van der Waals surface area contributed by atoms with E-state index in [2.05, 4.69) is 0 Å². The van der Waals surface area contributed by atoms with Crippen LogP contribution in [0.3, 0.4) is 0 Å². The van der Waals surface area contributed by atoms with Gasteiger partial charge in [-0.2, -0.15) is 0 Å². The van der Waals surface area contributed by atoms with Gasteiger partial charge in [0, 0.05) is 0 Å². The number of rotatable bonds is 4. The molecule has 20 heavy (non-hydrogen) atoms. The Labute approximate surface area is 116 Å². The van der Waals surface area contributed by atoms with Gasteiger partial charge >= 0.3 is 5.97 Å². The first-order valence-corrected chi connectivity index (χ1v) is 6.33. The lowest BCUT2D eigenvalue weighted by Gasteiger charge is -2.22. The summed E-state index contributed by atoms with van der Waals surface area (Å²) in [6, 6.07) is 5.88. The molecule has 1 atom stereocenters. The summed E-state index contributed by atoms with van der Waals surface area (Å²) in [4.78, 5) is 42.7. The molecule has 0 aliphatic carbocycles. The summed E-state index contributed by atoms with van der Waals surface area (Å²) in [6.07, 6.45) is 0.523. The highest BCUT2D eigenvalue weighted by Crippen LogP contribution is 2.23. The van der Waals surface area contributed by atoms with Crippen molar-refractivity contribution < 1.29 is 19.2 Å². The second-order valence-corrected chi connectivity index (χ2v) is 4.75. The van der Waals surface area contributed by atoms with Crippen LogP contribution in [0.4, 0.5) is 0 Å². The Morgan fingerprint density at radius 2 is 1.70 bits per heavy atom. The lowest BCUT2D eigenvalue weighted by atomic mass is 10.1. The molecule has 0 N–H and O–H groups in total. The average Bonchev–Trinajstić information content (AvgIpc) is 2.65. The third kappa shape index (κ3) is 2.30. The van der Waals surface area contributed by atoms with Crippen LogP contribution in [0.15, 0.2) is 24.3 Å². The molecule has 0 aromatic heterocycles. The van der Waals surface area contributed by atoms with Crippen LogP contribution in [0.1, 0.15) is 34.1 Å². The topological polar surface area (TPSA) is 66.9 Å². The molecule has 1 aromatic carbocycles. The van der Waals surface area contributed by atoms with Crippen molar-refractivity contribution in [1.82, 2.24) is 9.96 Å². The van der Waals surface area contributed by atoms with Gasteiger partial charge in [-0.15, -0.1) is 0 Å². The lowest BCUT2D eigenvalue weighted by molar-refractivity contribution is -0.174. The van der Waals surface area contributed by atoms with E-state index in [0.29, 0.717) is 11.5 Å². The van der Waals surface area contributed by atoms with Crippen molar-refractivity contribution in [3.63, 3.8) is 0 Å². The first kappa shape index (κ1) is 14.2. The van der Waals surface area contributed by atoms with Crippen molar-refractivity contribution in [3.8, 4) is 0 Å². The fraction of sp³-hybridized carbons (Fsp3) is 0.357. The minimum Gasteiger partial charge on any atom is -0.328 e. The van der Waals surface area contributed by atoms with Gasteiger partial charge in [0.05, 0.1) is 11.1 Å². The van der Waals surface area contributed by atoms with E-state index in [9.17, 15) is 14.4 Å². The zero-order chi connectivity index (χ0) is 14.9. The van der Waals surface area contributed by atoms with E-state index in [0.717, 1.165) is 0 Å². The number of hydrogen-bond donors (Lipinski definition) is 0. The number of likely N-dealkylation sites (N-methyl/N-ethyl adjacent to an activating group) is 1. The number of nitrogens with zero attached hydrogens (tertiary/aromatic N) is 2. The van der Waals surface area contributed by atoms with Crippen LogP contribution in [-0.4, -0.2) is 47.9 Å². The van der Waals surface area contributed by atoms with Gasteiger partial charge in [0.25, 0.3) is 11.8 Å². The molecule has 2 amide bonds. The minimum absolute atomic E-state index is 0.253. The van der Waals surface area contributed by atoms with Crippen molar-refractivity contribution in [1.29, 1.82) is 0 Å². The Balaban J connectivity index is 2.19. The average molecular weight is 276 g/mol. The highest BCUT2D eigenvalue weighted by atomic mass is 16.7. The van der Waals surface area contributed by atoms with Gasteiger partial charge in [0.2, 0.25) is 0 Å². The molecule has 1 heterocycles. The van der Waals surface area contributed by atoms with E-state index < -0.39 is 23.8 Å². The molecule has 6 nitrogen and oxygen atoms in total. The molecule has 0 saturated carbocycles. The Morgan fingerprint density at radius 3 is 2.10 bits per heavy atom. The summed E-state index contributed by atoms with van der Waals surface area (Å²) in [7, 11) is 3.47. The molecule has 2 rings (SSSR count). The summed E-state index contributed by atoms with van der Waals surface area (Å²) >= 11 is 0. The molecule has 0 radical (unpaired) electrons. The molecule has 1 aliphatic heterocycles. The van der Waals surface area contributed by atoms with Crippen molar-refractivity contribution in [3.05, 3.63) is 35.4 Å². The van der Waals surface area contributed by atoms with Gasteiger partial charge in [0.15, 0.2) is 0 Å². The Bertz CT molecular complexity index is 533. The number of benzene rings is 1. The van der Waals surface area contributed by atoms with Crippen LogP contribution in [0.2, 0.25) is 0 Å². The molecule has 1 aliphatic rings. The quantitative estimate of drug-likeness (QED) is 0.770. The standard InChI is InChI=1S/C14H16N2O4/c1-4-11(15(2)3)14(19)20-16-12(17)9-7-5-6-8-10(9)13(16)18/h5-8,11H,4H2,1-3H3. The highest BCUT2D eigenvalue weighted by Gasteiger charge is 2.39. The van der Waals surface area contributed by atoms with Crippen LogP contribution in [-0.2, 0) is 9.63 Å². The largest absolute Gasteiger partial charge is 0.350 e. The Hall–Kier alpha value is -2.21. The molecule has 0 spiro atoms. The number of carbonyl (C=O) groups is 3. The van der Waals surface area contributed by atoms with Crippen molar-refractivity contribution in [2.45, 2.75) is 19.4 Å². The number of imide groups is 1. The molecule has 106 valence electrons. The third-order valence-corrected chi connectivity index (χ3v) is 3.22. The Kier molecular flexibility index (Phi) is 3.85. The predicted octanol–water partition coefficient (Wildman–Crippen LogP) is 1.08. The zero-order valence-electron chi connectivity index (χ0n) is 11.6. The maximum Gasteiger partial charge on any atom is 0.350 e. The molecule has 0 bridgehead atoms. The summed E-state index contributed by atoms with van der Waals surface area (Å²) in [5.74, 6) is -1.83. The van der Waals surface area contributed by atoms with Crippen molar-refractivity contribution >= 4 is 17.8 Å². The van der Waals surface area contributed by atoms with Crippen molar-refractivity contribution in [2.24, 2.45) is 0 Å². The van der Waals surface area contributed by atoms with E-state index in [1.807, 2.05) is 6.92 Å². The molecular formula is C14H16N2O4. The van der Waals surface area contributed by atoms with E-state index >= 15 is 0 Å². The predicted molar refractivity (Wildman–Crippen MR) is 70.8 cm³/mol. The van der Waals surface area contributed by atoms with Gasteiger partial charge in [-0.1, -0.05) is 24.1 Å². The summed E-state index contributed by atoms with van der Waals surface area (Å²) < 4.78 is 0.